The molecule has 1 aliphatic rings. The van der Waals surface area contributed by atoms with E-state index in [4.69, 9.17) is 5.11 Å². The number of hydrogen-bond acceptors (Lipinski definition) is 4. The highest BCUT2D eigenvalue weighted by molar-refractivity contribution is 8.00. The molecule has 15 heavy (non-hydrogen) atoms. The van der Waals surface area contributed by atoms with E-state index in [1.54, 1.807) is 13.0 Å². The lowest BCUT2D eigenvalue weighted by molar-refractivity contribution is -0.113. The molecule has 0 fully saturated rings. The summed E-state index contributed by atoms with van der Waals surface area (Å²) in [6.45, 7) is 1.69. The van der Waals surface area contributed by atoms with Gasteiger partial charge in [-0.15, -0.1) is 11.8 Å². The Bertz CT molecular complexity index is 459. The third-order valence-corrected chi connectivity index (χ3v) is 3.03. The topological polar surface area (TPSA) is 79.3 Å². The molecule has 2 N–H and O–H groups in total. The van der Waals surface area contributed by atoms with Gasteiger partial charge in [-0.3, -0.25) is 4.79 Å². The van der Waals surface area contributed by atoms with Gasteiger partial charge in [0.15, 0.2) is 5.69 Å². The zero-order valence-corrected chi connectivity index (χ0v) is 8.72. The van der Waals surface area contributed by atoms with Gasteiger partial charge < -0.3 is 10.4 Å². The van der Waals surface area contributed by atoms with Gasteiger partial charge in [-0.05, 0) is 18.6 Å². The zero-order chi connectivity index (χ0) is 11.0. The molecule has 0 saturated carbocycles. The summed E-state index contributed by atoms with van der Waals surface area (Å²) in [5.74, 6) is -0.542. The molecule has 1 amide bonds. The van der Waals surface area contributed by atoms with Gasteiger partial charge in [0.05, 0.1) is 10.6 Å². The molecule has 0 unspecified atom stereocenters. The predicted octanol–water partition coefficient (Wildman–Crippen LogP) is 1.13. The number of fused-ring (bicyclic) bond motifs is 1. The van der Waals surface area contributed by atoms with Gasteiger partial charge >= 0.3 is 5.97 Å². The Balaban J connectivity index is 2.51. The van der Waals surface area contributed by atoms with Gasteiger partial charge in [-0.1, -0.05) is 0 Å². The molecule has 0 saturated heterocycles. The highest BCUT2D eigenvalue weighted by Crippen LogP contribution is 2.31. The first-order chi connectivity index (χ1) is 7.08. The van der Waals surface area contributed by atoms with Crippen LogP contribution >= 0.6 is 11.8 Å². The maximum atomic E-state index is 11.1. The maximum Gasteiger partial charge on any atom is 0.354 e. The summed E-state index contributed by atoms with van der Waals surface area (Å²) in [6, 6.07) is 1.73. The molecule has 0 bridgehead atoms. The van der Waals surface area contributed by atoms with Crippen LogP contribution in [-0.2, 0) is 4.79 Å². The van der Waals surface area contributed by atoms with Crippen molar-refractivity contribution in [1.82, 2.24) is 4.98 Å². The Hall–Kier alpha value is -1.56. The minimum Gasteiger partial charge on any atom is -0.477 e. The van der Waals surface area contributed by atoms with Gasteiger partial charge in [0.2, 0.25) is 5.91 Å². The second kappa shape index (κ2) is 3.54. The van der Waals surface area contributed by atoms with E-state index in [1.807, 2.05) is 0 Å². The normalized spacial score (nSPS) is 14.3. The van der Waals surface area contributed by atoms with Crippen molar-refractivity contribution in [2.24, 2.45) is 0 Å². The number of carboxylic acids is 1. The van der Waals surface area contributed by atoms with Crippen LogP contribution in [0.1, 0.15) is 16.1 Å². The van der Waals surface area contributed by atoms with Gasteiger partial charge in [0.25, 0.3) is 0 Å². The number of pyridine rings is 1. The van der Waals surface area contributed by atoms with E-state index in [1.165, 1.54) is 11.8 Å². The second-order valence-corrected chi connectivity index (χ2v) is 4.16. The van der Waals surface area contributed by atoms with Crippen LogP contribution < -0.4 is 5.32 Å². The molecular weight excluding hydrogens is 216 g/mol. The Morgan fingerprint density at radius 2 is 2.40 bits per heavy atom. The molecule has 1 aromatic rings. The number of carboxylic acid groups (broad SMARTS) is 1. The SMILES string of the molecule is Cc1cc2c(nc1C(=O)O)NC(=O)CS2. The molecule has 2 heterocycles. The molecule has 0 aliphatic carbocycles. The van der Waals surface area contributed by atoms with Crippen LogP contribution in [0.5, 0.6) is 0 Å². The summed E-state index contributed by atoms with van der Waals surface area (Å²) in [5, 5.41) is 11.4. The van der Waals surface area contributed by atoms with Crippen LogP contribution in [0.2, 0.25) is 0 Å². The Morgan fingerprint density at radius 1 is 1.67 bits per heavy atom. The van der Waals surface area contributed by atoms with Crippen LogP contribution in [-0.4, -0.2) is 27.7 Å². The van der Waals surface area contributed by atoms with E-state index < -0.39 is 5.97 Å². The van der Waals surface area contributed by atoms with Crippen LogP contribution in [0.25, 0.3) is 0 Å². The number of hydrogen-bond donors (Lipinski definition) is 2. The van der Waals surface area contributed by atoms with E-state index in [-0.39, 0.29) is 11.6 Å². The van der Waals surface area contributed by atoms with E-state index in [0.717, 1.165) is 4.90 Å². The standard InChI is InChI=1S/C9H8N2O3S/c1-4-2-5-8(10-6(12)3-15-5)11-7(4)9(13)14/h2H,3H2,1H3,(H,13,14)(H,10,11,12). The van der Waals surface area contributed by atoms with E-state index in [2.05, 4.69) is 10.3 Å². The second-order valence-electron chi connectivity index (χ2n) is 3.14. The van der Waals surface area contributed by atoms with Crippen molar-refractivity contribution in [3.63, 3.8) is 0 Å². The van der Waals surface area contributed by atoms with Crippen molar-refractivity contribution in [3.8, 4) is 0 Å². The van der Waals surface area contributed by atoms with Crippen molar-refractivity contribution >= 4 is 29.5 Å². The van der Waals surface area contributed by atoms with E-state index >= 15 is 0 Å². The molecule has 0 spiro atoms. The maximum absolute atomic E-state index is 11.1. The Labute approximate surface area is 89.9 Å². The average molecular weight is 224 g/mol. The van der Waals surface area contributed by atoms with Crippen molar-refractivity contribution in [3.05, 3.63) is 17.3 Å². The minimum absolute atomic E-state index is 0.0171. The molecular formula is C9H8N2O3S. The highest BCUT2D eigenvalue weighted by Gasteiger charge is 2.20. The number of aromatic carboxylic acids is 1. The summed E-state index contributed by atoms with van der Waals surface area (Å²) in [5.41, 5.74) is 0.585. The summed E-state index contributed by atoms with van der Waals surface area (Å²) >= 11 is 1.36. The zero-order valence-electron chi connectivity index (χ0n) is 7.90. The number of amides is 1. The number of thioether (sulfide) groups is 1. The number of nitrogens with one attached hydrogen (secondary N) is 1. The number of nitrogens with zero attached hydrogens (tertiary/aromatic N) is 1. The first-order valence-corrected chi connectivity index (χ1v) is 5.24. The van der Waals surface area contributed by atoms with Crippen LogP contribution in [0, 0.1) is 6.92 Å². The van der Waals surface area contributed by atoms with Crippen LogP contribution in [0.3, 0.4) is 0 Å². The molecule has 0 atom stereocenters. The fourth-order valence-electron chi connectivity index (χ4n) is 1.32. The van der Waals surface area contributed by atoms with E-state index in [9.17, 15) is 9.59 Å². The average Bonchev–Trinajstić information content (AvgIpc) is 2.17. The fraction of sp³-hybridized carbons (Fsp3) is 0.222. The number of aromatic nitrogens is 1. The van der Waals surface area contributed by atoms with Crippen molar-refractivity contribution in [2.75, 3.05) is 11.1 Å². The number of anilines is 1. The summed E-state index contributed by atoms with van der Waals surface area (Å²) in [7, 11) is 0. The molecule has 1 aliphatic heterocycles. The van der Waals surface area contributed by atoms with Crippen molar-refractivity contribution < 1.29 is 14.7 Å². The first kappa shape index (κ1) is 9.97. The fourth-order valence-corrected chi connectivity index (χ4v) is 2.17. The largest absolute Gasteiger partial charge is 0.477 e. The van der Waals surface area contributed by atoms with E-state index in [0.29, 0.717) is 17.1 Å². The van der Waals surface area contributed by atoms with Crippen LogP contribution in [0.4, 0.5) is 5.82 Å². The highest BCUT2D eigenvalue weighted by atomic mass is 32.2. The molecule has 0 radical (unpaired) electrons. The molecule has 0 aromatic carbocycles. The van der Waals surface area contributed by atoms with Crippen LogP contribution in [0.15, 0.2) is 11.0 Å². The lowest BCUT2D eigenvalue weighted by Gasteiger charge is -2.16. The number of carbonyl (C=O) groups is 2. The molecule has 78 valence electrons. The van der Waals surface area contributed by atoms with Gasteiger partial charge in [0, 0.05) is 0 Å². The van der Waals surface area contributed by atoms with Crippen molar-refractivity contribution in [1.29, 1.82) is 0 Å². The molecule has 5 nitrogen and oxygen atoms in total. The van der Waals surface area contributed by atoms with Gasteiger partial charge in [0.1, 0.15) is 5.82 Å². The molecule has 1 aromatic heterocycles. The first-order valence-electron chi connectivity index (χ1n) is 4.25. The molecule has 6 heteroatoms. The lowest BCUT2D eigenvalue weighted by Crippen LogP contribution is -2.21. The third kappa shape index (κ3) is 1.80. The van der Waals surface area contributed by atoms with Gasteiger partial charge in [-0.25, -0.2) is 9.78 Å². The minimum atomic E-state index is -1.08. The van der Waals surface area contributed by atoms with Crippen molar-refractivity contribution in [2.45, 2.75) is 11.8 Å². The number of aryl methyl sites for hydroxylation is 1. The monoisotopic (exact) mass is 224 g/mol. The Kier molecular flexibility index (Phi) is 2.36. The summed E-state index contributed by atoms with van der Waals surface area (Å²) in [6.07, 6.45) is 0. The predicted molar refractivity (Wildman–Crippen MR) is 55.3 cm³/mol. The lowest BCUT2D eigenvalue weighted by atomic mass is 10.2. The summed E-state index contributed by atoms with van der Waals surface area (Å²) < 4.78 is 0. The Morgan fingerprint density at radius 3 is 3.07 bits per heavy atom. The number of carbonyl (C=O) groups excluding carboxylic acids is 1. The molecule has 2 rings (SSSR count). The third-order valence-electron chi connectivity index (χ3n) is 2.00. The van der Waals surface area contributed by atoms with Gasteiger partial charge in [-0.2, -0.15) is 0 Å². The number of rotatable bonds is 1. The quantitative estimate of drug-likeness (QED) is 0.747. The summed E-state index contributed by atoms with van der Waals surface area (Å²) in [4.78, 5) is 26.6. The smallest absolute Gasteiger partial charge is 0.354 e.